The van der Waals surface area contributed by atoms with Crippen LogP contribution in [0.5, 0.6) is 11.5 Å². The molecule has 0 saturated heterocycles. The lowest BCUT2D eigenvalue weighted by Gasteiger charge is -2.21. The molecule has 16 heteroatoms. The largest absolute Gasteiger partial charge is 0.493 e. The monoisotopic (exact) mass is 748 g/mol. The van der Waals surface area contributed by atoms with Gasteiger partial charge in [-0.25, -0.2) is 0 Å². The Bertz CT molecular complexity index is 1260. The number of rotatable bonds is 15. The maximum absolute atomic E-state index is 10.5. The molecule has 2 aromatic carbocycles. The standard InChI is InChI=1S/C26H34Br2N6O6S2/c1-3-39-21-7-5-15(9-17(21)27)11-29-25(41)33-31-13-19(23(37)24(38)20(36)14-35)32-34-26(42)30-12-16-6-8-22(40-4-2)18(28)10-16/h5-10,13,20,23-24,35-38H,3-4,11-12,14H2,1-2H3,(H2,29,33,41)(H2,30,34,42)/b31-13-,32-19?/t20-,23-,24-/m1/s1. The van der Waals surface area contributed by atoms with E-state index in [2.05, 4.69) is 63.5 Å². The van der Waals surface area contributed by atoms with Gasteiger partial charge in [-0.1, -0.05) is 12.1 Å². The first-order valence-corrected chi connectivity index (χ1v) is 15.2. The summed E-state index contributed by atoms with van der Waals surface area (Å²) in [7, 11) is 0. The molecule has 0 fully saturated rings. The molecule has 0 radical (unpaired) electrons. The van der Waals surface area contributed by atoms with Crippen LogP contribution in [-0.4, -0.2) is 80.7 Å². The van der Waals surface area contributed by atoms with E-state index in [0.29, 0.717) is 26.3 Å². The van der Waals surface area contributed by atoms with Gasteiger partial charge in [0.2, 0.25) is 0 Å². The highest BCUT2D eigenvalue weighted by Crippen LogP contribution is 2.26. The van der Waals surface area contributed by atoms with Gasteiger partial charge in [0.25, 0.3) is 0 Å². The van der Waals surface area contributed by atoms with Gasteiger partial charge in [0.15, 0.2) is 10.2 Å². The molecule has 0 aliphatic rings. The highest BCUT2D eigenvalue weighted by Gasteiger charge is 2.28. The zero-order chi connectivity index (χ0) is 31.1. The second-order valence-electron chi connectivity index (χ2n) is 8.46. The quantitative estimate of drug-likeness (QED) is 0.0759. The number of aliphatic hydroxyl groups is 4. The van der Waals surface area contributed by atoms with Crippen molar-refractivity contribution in [1.82, 2.24) is 21.5 Å². The van der Waals surface area contributed by atoms with E-state index in [1.54, 1.807) is 0 Å². The fourth-order valence-corrected chi connectivity index (χ4v) is 4.56. The van der Waals surface area contributed by atoms with Gasteiger partial charge < -0.3 is 40.5 Å². The van der Waals surface area contributed by atoms with Crippen LogP contribution >= 0.6 is 56.3 Å². The number of thiocarbonyl (C=S) groups is 2. The highest BCUT2D eigenvalue weighted by molar-refractivity contribution is 9.10. The third-order valence-electron chi connectivity index (χ3n) is 5.36. The number of nitrogens with zero attached hydrogens (tertiary/aromatic N) is 2. The Morgan fingerprint density at radius 3 is 1.83 bits per heavy atom. The molecule has 8 N–H and O–H groups in total. The van der Waals surface area contributed by atoms with Crippen molar-refractivity contribution in [2.24, 2.45) is 10.2 Å². The van der Waals surface area contributed by atoms with E-state index in [1.807, 2.05) is 50.2 Å². The summed E-state index contributed by atoms with van der Waals surface area (Å²) >= 11 is 17.4. The summed E-state index contributed by atoms with van der Waals surface area (Å²) in [5, 5.41) is 53.9. The predicted molar refractivity (Wildman–Crippen MR) is 177 cm³/mol. The lowest BCUT2D eigenvalue weighted by Crippen LogP contribution is -2.45. The van der Waals surface area contributed by atoms with Crippen molar-refractivity contribution in [3.8, 4) is 11.5 Å². The van der Waals surface area contributed by atoms with E-state index < -0.39 is 24.9 Å². The number of halogens is 2. The molecular formula is C26H34Br2N6O6S2. The molecule has 0 saturated carbocycles. The Morgan fingerprint density at radius 2 is 1.38 bits per heavy atom. The molecule has 3 atom stereocenters. The molecule has 230 valence electrons. The molecule has 0 aliphatic heterocycles. The van der Waals surface area contributed by atoms with E-state index in [4.69, 9.17) is 39.0 Å². The van der Waals surface area contributed by atoms with Crippen LogP contribution in [0.25, 0.3) is 0 Å². The molecule has 0 aromatic heterocycles. The Hall–Kier alpha value is -2.44. The van der Waals surface area contributed by atoms with Gasteiger partial charge in [-0.2, -0.15) is 10.2 Å². The van der Waals surface area contributed by atoms with Crippen molar-refractivity contribution in [3.63, 3.8) is 0 Å². The molecule has 12 nitrogen and oxygen atoms in total. The first kappa shape index (κ1) is 35.8. The Morgan fingerprint density at radius 1 is 0.881 bits per heavy atom. The van der Waals surface area contributed by atoms with Gasteiger partial charge >= 0.3 is 0 Å². The summed E-state index contributed by atoms with van der Waals surface area (Å²) < 4.78 is 12.6. The second kappa shape index (κ2) is 19.0. The number of nitrogens with one attached hydrogen (secondary N) is 4. The average Bonchev–Trinajstić information content (AvgIpc) is 2.98. The van der Waals surface area contributed by atoms with Gasteiger partial charge in [-0.3, -0.25) is 10.9 Å². The van der Waals surface area contributed by atoms with Crippen molar-refractivity contribution in [2.45, 2.75) is 45.2 Å². The van der Waals surface area contributed by atoms with Crippen molar-refractivity contribution >= 4 is 78.4 Å². The zero-order valence-corrected chi connectivity index (χ0v) is 27.7. The second-order valence-corrected chi connectivity index (χ2v) is 11.0. The smallest absolute Gasteiger partial charge is 0.187 e. The normalized spacial score (nSPS) is 13.7. The van der Waals surface area contributed by atoms with E-state index in [9.17, 15) is 15.3 Å². The van der Waals surface area contributed by atoms with Gasteiger partial charge in [-0.05, 0) is 106 Å². The van der Waals surface area contributed by atoms with Crippen LogP contribution in [0, 0.1) is 0 Å². The van der Waals surface area contributed by atoms with Gasteiger partial charge in [0.05, 0.1) is 35.0 Å². The topological polar surface area (TPSA) is 172 Å². The lowest BCUT2D eigenvalue weighted by molar-refractivity contribution is -0.0549. The minimum Gasteiger partial charge on any atom is -0.493 e. The molecule has 0 heterocycles. The third kappa shape index (κ3) is 12.0. The highest BCUT2D eigenvalue weighted by atomic mass is 79.9. The fourth-order valence-electron chi connectivity index (χ4n) is 3.23. The van der Waals surface area contributed by atoms with Crippen molar-refractivity contribution in [1.29, 1.82) is 0 Å². The number of ether oxygens (including phenoxy) is 2. The third-order valence-corrected chi connectivity index (χ3v) is 7.07. The minimum atomic E-state index is -1.76. The summed E-state index contributed by atoms with van der Waals surface area (Å²) in [6, 6.07) is 11.2. The van der Waals surface area contributed by atoms with Gasteiger partial charge in [0, 0.05) is 13.1 Å². The minimum absolute atomic E-state index is 0.113. The lowest BCUT2D eigenvalue weighted by atomic mass is 10.0. The van der Waals surface area contributed by atoms with Crippen LogP contribution in [0.2, 0.25) is 0 Å². The predicted octanol–water partition coefficient (Wildman–Crippen LogP) is 2.05. The summed E-state index contributed by atoms with van der Waals surface area (Å²) in [6.07, 6.45) is -4.00. The van der Waals surface area contributed by atoms with E-state index in [1.165, 1.54) is 0 Å². The van der Waals surface area contributed by atoms with Crippen molar-refractivity contribution in [2.75, 3.05) is 19.8 Å². The average molecular weight is 751 g/mol. The molecule has 2 rings (SSSR count). The number of hydrogen-bond donors (Lipinski definition) is 8. The fraction of sp³-hybridized carbons (Fsp3) is 0.385. The first-order valence-electron chi connectivity index (χ1n) is 12.7. The van der Waals surface area contributed by atoms with E-state index >= 15 is 0 Å². The molecule has 0 amide bonds. The van der Waals surface area contributed by atoms with Crippen molar-refractivity contribution < 1.29 is 29.9 Å². The van der Waals surface area contributed by atoms with E-state index in [0.717, 1.165) is 37.8 Å². The van der Waals surface area contributed by atoms with Crippen LogP contribution in [0.3, 0.4) is 0 Å². The molecule has 42 heavy (non-hydrogen) atoms. The molecular weight excluding hydrogens is 716 g/mol. The summed E-state index contributed by atoms with van der Waals surface area (Å²) in [5.41, 5.74) is 6.80. The molecule has 0 spiro atoms. The first-order chi connectivity index (χ1) is 20.1. The van der Waals surface area contributed by atoms with Crippen LogP contribution in [0.4, 0.5) is 0 Å². The maximum atomic E-state index is 10.5. The number of hydrazone groups is 2. The van der Waals surface area contributed by atoms with E-state index in [-0.39, 0.29) is 15.9 Å². The molecule has 0 aliphatic carbocycles. The van der Waals surface area contributed by atoms with Crippen LogP contribution in [0.15, 0.2) is 55.5 Å². The van der Waals surface area contributed by atoms with Crippen molar-refractivity contribution in [3.05, 3.63) is 56.5 Å². The zero-order valence-electron chi connectivity index (χ0n) is 22.9. The molecule has 0 unspecified atom stereocenters. The SMILES string of the molecule is CCOc1ccc(CNC(=S)NN=C(/C=N\NC(=S)NCc2ccc(OCC)c(Br)c2)[C@@H](O)[C@H](O)[C@H](O)CO)cc1Br. The van der Waals surface area contributed by atoms with Gasteiger partial charge in [-0.15, -0.1) is 0 Å². The summed E-state index contributed by atoms with van der Waals surface area (Å²) in [4.78, 5) is 0. The Kier molecular flexibility index (Phi) is 16.1. The van der Waals surface area contributed by atoms with Crippen LogP contribution in [0.1, 0.15) is 25.0 Å². The number of hydrogen-bond acceptors (Lipinski definition) is 10. The maximum Gasteiger partial charge on any atom is 0.187 e. The Balaban J connectivity index is 2.00. The Labute approximate surface area is 271 Å². The van der Waals surface area contributed by atoms with Crippen LogP contribution in [-0.2, 0) is 13.1 Å². The van der Waals surface area contributed by atoms with Gasteiger partial charge in [0.1, 0.15) is 35.5 Å². The van der Waals surface area contributed by atoms with Crippen LogP contribution < -0.4 is 31.0 Å². The summed E-state index contributed by atoms with van der Waals surface area (Å²) in [6.45, 7) is 4.88. The molecule has 2 aromatic rings. The summed E-state index contributed by atoms with van der Waals surface area (Å²) in [5.74, 6) is 1.46. The number of aliphatic hydroxyl groups excluding tert-OH is 4. The number of benzene rings is 2. The molecule has 0 bridgehead atoms.